The summed E-state index contributed by atoms with van der Waals surface area (Å²) in [5, 5.41) is 5.89. The first-order valence-corrected chi connectivity index (χ1v) is 8.26. The zero-order chi connectivity index (χ0) is 17.1. The largest absolute Gasteiger partial charge is 0.338 e. The average molecular weight is 317 g/mol. The molecule has 2 rings (SSSR count). The predicted molar refractivity (Wildman–Crippen MR) is 92.7 cm³/mol. The Kier molecular flexibility index (Phi) is 5.29. The summed E-state index contributed by atoms with van der Waals surface area (Å²) in [5.74, 6) is 0.429. The number of hydrogen-bond donors (Lipinski definition) is 2. The second kappa shape index (κ2) is 7.02. The Bertz CT molecular complexity index is 596. The van der Waals surface area contributed by atoms with E-state index in [2.05, 4.69) is 24.5 Å². The number of aryl methyl sites for hydroxylation is 1. The second-order valence-corrected chi connectivity index (χ2v) is 6.83. The van der Waals surface area contributed by atoms with E-state index in [0.717, 1.165) is 16.8 Å². The van der Waals surface area contributed by atoms with Crippen LogP contribution in [0.3, 0.4) is 0 Å². The van der Waals surface area contributed by atoms with E-state index in [4.69, 9.17) is 0 Å². The Labute approximate surface area is 138 Å². The molecule has 0 aliphatic carbocycles. The summed E-state index contributed by atoms with van der Waals surface area (Å²) in [6, 6.07) is 5.82. The number of carbonyl (C=O) groups is 2. The molecule has 1 aromatic carbocycles. The molecule has 3 amide bonds. The average Bonchev–Trinajstić information content (AvgIpc) is 2.81. The summed E-state index contributed by atoms with van der Waals surface area (Å²) >= 11 is 0. The van der Waals surface area contributed by atoms with Gasteiger partial charge in [-0.25, -0.2) is 4.79 Å². The highest BCUT2D eigenvalue weighted by Crippen LogP contribution is 2.27. The van der Waals surface area contributed by atoms with Gasteiger partial charge in [-0.05, 0) is 37.8 Å². The fourth-order valence-electron chi connectivity index (χ4n) is 3.00. The maximum absolute atomic E-state index is 12.3. The SMILES string of the molecule is Cc1cccc(C(C)C)c1NC(=O)NC1CC(=O)N(C(C)C)C1. The smallest absolute Gasteiger partial charge is 0.319 e. The van der Waals surface area contributed by atoms with Crippen molar-refractivity contribution < 1.29 is 9.59 Å². The lowest BCUT2D eigenvalue weighted by Crippen LogP contribution is -2.41. The van der Waals surface area contributed by atoms with Gasteiger partial charge >= 0.3 is 6.03 Å². The normalized spacial score (nSPS) is 18.0. The van der Waals surface area contributed by atoms with Crippen LogP contribution >= 0.6 is 0 Å². The number of nitrogens with zero attached hydrogens (tertiary/aromatic N) is 1. The van der Waals surface area contributed by atoms with Crippen LogP contribution < -0.4 is 10.6 Å². The highest BCUT2D eigenvalue weighted by atomic mass is 16.2. The molecule has 1 aliphatic heterocycles. The molecule has 0 radical (unpaired) electrons. The van der Waals surface area contributed by atoms with Gasteiger partial charge < -0.3 is 15.5 Å². The number of amides is 3. The third-order valence-corrected chi connectivity index (χ3v) is 4.28. The summed E-state index contributed by atoms with van der Waals surface area (Å²) in [7, 11) is 0. The number of rotatable bonds is 4. The molecule has 0 aromatic heterocycles. The van der Waals surface area contributed by atoms with E-state index in [0.29, 0.717) is 18.9 Å². The summed E-state index contributed by atoms with van der Waals surface area (Å²) in [5.41, 5.74) is 3.02. The van der Waals surface area contributed by atoms with Gasteiger partial charge in [0.15, 0.2) is 0 Å². The molecule has 1 unspecified atom stereocenters. The minimum atomic E-state index is -0.246. The molecule has 2 N–H and O–H groups in total. The van der Waals surface area contributed by atoms with Crippen LogP contribution in [0.4, 0.5) is 10.5 Å². The molecule has 1 aliphatic rings. The Morgan fingerprint density at radius 3 is 2.52 bits per heavy atom. The van der Waals surface area contributed by atoms with Gasteiger partial charge in [-0.2, -0.15) is 0 Å². The summed E-state index contributed by atoms with van der Waals surface area (Å²) in [6.45, 7) is 10.8. The predicted octanol–water partition coefficient (Wildman–Crippen LogP) is 3.25. The monoisotopic (exact) mass is 317 g/mol. The van der Waals surface area contributed by atoms with E-state index in [1.165, 1.54) is 0 Å². The van der Waals surface area contributed by atoms with Gasteiger partial charge in [-0.1, -0.05) is 32.0 Å². The number of hydrogen-bond acceptors (Lipinski definition) is 2. The van der Waals surface area contributed by atoms with Crippen molar-refractivity contribution >= 4 is 17.6 Å². The van der Waals surface area contributed by atoms with Gasteiger partial charge in [-0.3, -0.25) is 4.79 Å². The number of likely N-dealkylation sites (tertiary alicyclic amines) is 1. The van der Waals surface area contributed by atoms with E-state index in [9.17, 15) is 9.59 Å². The van der Waals surface area contributed by atoms with Crippen LogP contribution in [-0.4, -0.2) is 35.5 Å². The molecule has 0 spiro atoms. The molecular weight excluding hydrogens is 290 g/mol. The van der Waals surface area contributed by atoms with Gasteiger partial charge in [0.05, 0.1) is 6.04 Å². The van der Waals surface area contributed by atoms with Gasteiger partial charge in [-0.15, -0.1) is 0 Å². The van der Waals surface area contributed by atoms with E-state index < -0.39 is 0 Å². The lowest BCUT2D eigenvalue weighted by atomic mass is 9.98. The first kappa shape index (κ1) is 17.3. The van der Waals surface area contributed by atoms with E-state index >= 15 is 0 Å². The topological polar surface area (TPSA) is 61.4 Å². The third-order valence-electron chi connectivity index (χ3n) is 4.28. The molecule has 0 bridgehead atoms. The Hall–Kier alpha value is -2.04. The van der Waals surface area contributed by atoms with Crippen molar-refractivity contribution in [3.63, 3.8) is 0 Å². The maximum atomic E-state index is 12.3. The minimum Gasteiger partial charge on any atom is -0.338 e. The summed E-state index contributed by atoms with van der Waals surface area (Å²) in [6.07, 6.45) is 0.371. The van der Waals surface area contributed by atoms with Crippen molar-refractivity contribution in [1.29, 1.82) is 0 Å². The van der Waals surface area contributed by atoms with Crippen molar-refractivity contribution in [2.45, 2.75) is 59.0 Å². The maximum Gasteiger partial charge on any atom is 0.319 e. The summed E-state index contributed by atoms with van der Waals surface area (Å²) < 4.78 is 0. The zero-order valence-electron chi connectivity index (χ0n) is 14.6. The van der Waals surface area contributed by atoms with Crippen molar-refractivity contribution in [1.82, 2.24) is 10.2 Å². The fraction of sp³-hybridized carbons (Fsp3) is 0.556. The molecule has 23 heavy (non-hydrogen) atoms. The highest BCUT2D eigenvalue weighted by Gasteiger charge is 2.32. The first-order valence-electron chi connectivity index (χ1n) is 8.26. The van der Waals surface area contributed by atoms with Crippen LogP contribution in [0.1, 0.15) is 51.2 Å². The van der Waals surface area contributed by atoms with Gasteiger partial charge in [0.2, 0.25) is 5.91 Å². The van der Waals surface area contributed by atoms with Crippen molar-refractivity contribution in [2.24, 2.45) is 0 Å². The van der Waals surface area contributed by atoms with E-state index in [1.807, 2.05) is 39.0 Å². The highest BCUT2D eigenvalue weighted by molar-refractivity contribution is 5.92. The Morgan fingerprint density at radius 2 is 1.96 bits per heavy atom. The number of anilines is 1. The third kappa shape index (κ3) is 4.03. The minimum absolute atomic E-state index is 0.101. The van der Waals surface area contributed by atoms with Crippen LogP contribution in [0.15, 0.2) is 18.2 Å². The van der Waals surface area contributed by atoms with Crippen LogP contribution in [0.5, 0.6) is 0 Å². The standard InChI is InChI=1S/C18H27N3O2/c1-11(2)15-8-6-7-13(5)17(15)20-18(23)19-14-9-16(22)21(10-14)12(3)4/h6-8,11-12,14H,9-10H2,1-5H3,(H2,19,20,23). The molecule has 1 atom stereocenters. The lowest BCUT2D eigenvalue weighted by Gasteiger charge is -2.21. The fourth-order valence-corrected chi connectivity index (χ4v) is 3.00. The molecule has 0 saturated carbocycles. The Balaban J connectivity index is 2.03. The lowest BCUT2D eigenvalue weighted by molar-refractivity contribution is -0.129. The molecule has 126 valence electrons. The van der Waals surface area contributed by atoms with E-state index in [-0.39, 0.29) is 24.0 Å². The van der Waals surface area contributed by atoms with Gasteiger partial charge in [0.25, 0.3) is 0 Å². The molecule has 5 heteroatoms. The van der Waals surface area contributed by atoms with Crippen molar-refractivity contribution in [3.05, 3.63) is 29.3 Å². The number of carbonyl (C=O) groups excluding carboxylic acids is 2. The first-order chi connectivity index (χ1) is 10.8. The molecular formula is C18H27N3O2. The Morgan fingerprint density at radius 1 is 1.26 bits per heavy atom. The number of nitrogens with one attached hydrogen (secondary N) is 2. The molecule has 1 aromatic rings. The summed E-state index contributed by atoms with van der Waals surface area (Å²) in [4.78, 5) is 26.0. The molecule has 5 nitrogen and oxygen atoms in total. The van der Waals surface area contributed by atoms with Crippen molar-refractivity contribution in [2.75, 3.05) is 11.9 Å². The van der Waals surface area contributed by atoms with Crippen LogP contribution in [-0.2, 0) is 4.79 Å². The van der Waals surface area contributed by atoms with Crippen molar-refractivity contribution in [3.8, 4) is 0 Å². The number of urea groups is 1. The quantitative estimate of drug-likeness (QED) is 0.895. The van der Waals surface area contributed by atoms with E-state index in [1.54, 1.807) is 4.90 Å². The number of para-hydroxylation sites is 1. The van der Waals surface area contributed by atoms with Crippen LogP contribution in [0, 0.1) is 6.92 Å². The van der Waals surface area contributed by atoms with Gasteiger partial charge in [0.1, 0.15) is 0 Å². The molecule has 1 heterocycles. The van der Waals surface area contributed by atoms with Gasteiger partial charge in [0, 0.05) is 24.7 Å². The second-order valence-electron chi connectivity index (χ2n) is 6.83. The zero-order valence-corrected chi connectivity index (χ0v) is 14.6. The molecule has 1 fully saturated rings. The van der Waals surface area contributed by atoms with Crippen LogP contribution in [0.2, 0.25) is 0 Å². The number of benzene rings is 1. The molecule has 1 saturated heterocycles. The van der Waals surface area contributed by atoms with Crippen LogP contribution in [0.25, 0.3) is 0 Å².